The summed E-state index contributed by atoms with van der Waals surface area (Å²) in [5.41, 5.74) is 0.732. The first-order valence-electron chi connectivity index (χ1n) is 6.59. The quantitative estimate of drug-likeness (QED) is 0.929. The fourth-order valence-corrected chi connectivity index (χ4v) is 2.32. The van der Waals surface area contributed by atoms with Gasteiger partial charge in [-0.25, -0.2) is 0 Å². The monoisotopic (exact) mass is 302 g/mol. The lowest BCUT2D eigenvalue weighted by Crippen LogP contribution is -2.33. The molecule has 1 fully saturated rings. The van der Waals surface area contributed by atoms with Gasteiger partial charge in [0.15, 0.2) is 0 Å². The Bertz CT molecular complexity index is 502. The van der Waals surface area contributed by atoms with Gasteiger partial charge in [0.2, 0.25) is 5.91 Å². The summed E-state index contributed by atoms with van der Waals surface area (Å²) in [5, 5.41) is 3.01. The van der Waals surface area contributed by atoms with E-state index in [9.17, 15) is 18.0 Å². The number of hydrogen-bond acceptors (Lipinski definition) is 3. The first-order chi connectivity index (χ1) is 9.81. The highest BCUT2D eigenvalue weighted by Crippen LogP contribution is 2.29. The van der Waals surface area contributed by atoms with E-state index >= 15 is 0 Å². The highest BCUT2D eigenvalue weighted by molar-refractivity contribution is 5.84. The van der Waals surface area contributed by atoms with Crippen molar-refractivity contribution in [3.8, 4) is 5.75 Å². The second-order valence-electron chi connectivity index (χ2n) is 4.96. The average Bonchev–Trinajstić information content (AvgIpc) is 2.72. The van der Waals surface area contributed by atoms with Crippen molar-refractivity contribution >= 4 is 5.91 Å². The minimum Gasteiger partial charge on any atom is -0.497 e. The molecule has 0 spiro atoms. The van der Waals surface area contributed by atoms with Gasteiger partial charge < -0.3 is 9.64 Å². The van der Waals surface area contributed by atoms with Crippen LogP contribution in [0.15, 0.2) is 24.3 Å². The number of benzene rings is 1. The van der Waals surface area contributed by atoms with Gasteiger partial charge in [0.25, 0.3) is 0 Å². The van der Waals surface area contributed by atoms with Crippen molar-refractivity contribution in [1.82, 2.24) is 10.2 Å². The van der Waals surface area contributed by atoms with Crippen LogP contribution in [0.3, 0.4) is 0 Å². The molecule has 0 bridgehead atoms. The molecular formula is C14H17F3N2O2. The maximum atomic E-state index is 12.4. The molecule has 1 N–H and O–H groups in total. The molecule has 7 heteroatoms. The van der Waals surface area contributed by atoms with Gasteiger partial charge in [-0.2, -0.15) is 13.2 Å². The van der Waals surface area contributed by atoms with Gasteiger partial charge in [-0.1, -0.05) is 12.1 Å². The van der Waals surface area contributed by atoms with Crippen LogP contribution >= 0.6 is 0 Å². The van der Waals surface area contributed by atoms with Crippen LogP contribution in [0.4, 0.5) is 13.2 Å². The Labute approximate surface area is 120 Å². The van der Waals surface area contributed by atoms with Crippen LogP contribution in [-0.2, 0) is 4.79 Å². The van der Waals surface area contributed by atoms with E-state index in [0.717, 1.165) is 5.56 Å². The third-order valence-electron chi connectivity index (χ3n) is 3.44. The number of hydrogen-bond donors (Lipinski definition) is 1. The van der Waals surface area contributed by atoms with Crippen LogP contribution in [0.5, 0.6) is 5.75 Å². The molecule has 1 amide bonds. The van der Waals surface area contributed by atoms with Crippen molar-refractivity contribution in [2.75, 3.05) is 13.7 Å². The van der Waals surface area contributed by atoms with Crippen LogP contribution in [0.25, 0.3) is 0 Å². The average molecular weight is 302 g/mol. The van der Waals surface area contributed by atoms with Gasteiger partial charge in [-0.05, 0) is 24.6 Å². The molecule has 0 aliphatic carbocycles. The molecule has 1 aromatic rings. The molecule has 1 saturated heterocycles. The van der Waals surface area contributed by atoms with E-state index in [-0.39, 0.29) is 12.5 Å². The Balaban J connectivity index is 2.16. The van der Waals surface area contributed by atoms with Crippen molar-refractivity contribution in [2.24, 2.45) is 0 Å². The van der Waals surface area contributed by atoms with Crippen LogP contribution in [0.2, 0.25) is 0 Å². The Morgan fingerprint density at radius 3 is 2.43 bits per heavy atom. The SMILES string of the molecule is COc1ccc(C2NC(C)C(=O)N2CCC(F)(F)F)cc1. The van der Waals surface area contributed by atoms with E-state index in [1.54, 1.807) is 31.2 Å². The Kier molecular flexibility index (Phi) is 4.41. The van der Waals surface area contributed by atoms with Gasteiger partial charge in [0.1, 0.15) is 11.9 Å². The minimum atomic E-state index is -4.28. The molecule has 2 rings (SSSR count). The predicted molar refractivity (Wildman–Crippen MR) is 70.7 cm³/mol. The zero-order valence-electron chi connectivity index (χ0n) is 11.8. The number of ether oxygens (including phenoxy) is 1. The summed E-state index contributed by atoms with van der Waals surface area (Å²) in [6.45, 7) is 1.29. The van der Waals surface area contributed by atoms with E-state index < -0.39 is 24.8 Å². The first-order valence-corrected chi connectivity index (χ1v) is 6.59. The Morgan fingerprint density at radius 2 is 1.90 bits per heavy atom. The minimum absolute atomic E-state index is 0.319. The molecule has 2 atom stereocenters. The lowest BCUT2D eigenvalue weighted by Gasteiger charge is -2.25. The number of carbonyl (C=O) groups is 1. The maximum Gasteiger partial charge on any atom is 0.390 e. The number of amides is 1. The Morgan fingerprint density at radius 1 is 1.29 bits per heavy atom. The zero-order valence-corrected chi connectivity index (χ0v) is 11.8. The van der Waals surface area contributed by atoms with E-state index in [2.05, 4.69) is 5.32 Å². The van der Waals surface area contributed by atoms with E-state index in [1.807, 2.05) is 0 Å². The lowest BCUT2D eigenvalue weighted by atomic mass is 10.1. The van der Waals surface area contributed by atoms with Gasteiger partial charge >= 0.3 is 6.18 Å². The van der Waals surface area contributed by atoms with E-state index in [4.69, 9.17) is 4.74 Å². The molecule has 116 valence electrons. The van der Waals surface area contributed by atoms with Crippen molar-refractivity contribution in [3.05, 3.63) is 29.8 Å². The molecule has 1 aliphatic rings. The highest BCUT2D eigenvalue weighted by Gasteiger charge is 2.39. The summed E-state index contributed by atoms with van der Waals surface area (Å²) < 4.78 is 42.2. The second-order valence-corrected chi connectivity index (χ2v) is 4.96. The molecule has 0 radical (unpaired) electrons. The van der Waals surface area contributed by atoms with Crippen molar-refractivity contribution in [1.29, 1.82) is 0 Å². The van der Waals surface area contributed by atoms with Crippen LogP contribution in [0, 0.1) is 0 Å². The third kappa shape index (κ3) is 3.66. The standard InChI is InChI=1S/C14H17F3N2O2/c1-9-13(20)19(8-7-14(15,16)17)12(18-9)10-3-5-11(21-2)6-4-10/h3-6,9,12,18H,7-8H2,1-2H3. The molecule has 1 aliphatic heterocycles. The molecule has 1 heterocycles. The number of rotatable bonds is 4. The maximum absolute atomic E-state index is 12.4. The summed E-state index contributed by atoms with van der Waals surface area (Å²) >= 11 is 0. The molecule has 4 nitrogen and oxygen atoms in total. The summed E-state index contributed by atoms with van der Waals surface area (Å²) in [6.07, 6.45) is -5.84. The highest BCUT2D eigenvalue weighted by atomic mass is 19.4. The molecule has 2 unspecified atom stereocenters. The number of nitrogens with zero attached hydrogens (tertiary/aromatic N) is 1. The summed E-state index contributed by atoms with van der Waals surface area (Å²) in [5.74, 6) is 0.332. The smallest absolute Gasteiger partial charge is 0.390 e. The van der Waals surface area contributed by atoms with E-state index in [1.165, 1.54) is 12.0 Å². The second kappa shape index (κ2) is 5.93. The number of alkyl halides is 3. The van der Waals surface area contributed by atoms with Gasteiger partial charge in [0, 0.05) is 6.54 Å². The summed E-state index contributed by atoms with van der Waals surface area (Å²) in [4.78, 5) is 13.2. The molecular weight excluding hydrogens is 285 g/mol. The van der Waals surface area contributed by atoms with Crippen molar-refractivity contribution < 1.29 is 22.7 Å². The lowest BCUT2D eigenvalue weighted by molar-refractivity contribution is -0.145. The van der Waals surface area contributed by atoms with Gasteiger partial charge in [-0.15, -0.1) is 0 Å². The zero-order chi connectivity index (χ0) is 15.6. The number of halogens is 3. The molecule has 21 heavy (non-hydrogen) atoms. The van der Waals surface area contributed by atoms with Gasteiger partial charge in [-0.3, -0.25) is 10.1 Å². The predicted octanol–water partition coefficient (Wildman–Crippen LogP) is 2.47. The fraction of sp³-hybridized carbons (Fsp3) is 0.500. The normalized spacial score (nSPS) is 22.7. The van der Waals surface area contributed by atoms with Crippen LogP contribution < -0.4 is 10.1 Å². The third-order valence-corrected chi connectivity index (χ3v) is 3.44. The van der Waals surface area contributed by atoms with Crippen LogP contribution in [-0.4, -0.2) is 36.7 Å². The number of methoxy groups -OCH3 is 1. The van der Waals surface area contributed by atoms with E-state index in [0.29, 0.717) is 5.75 Å². The van der Waals surface area contributed by atoms with Crippen molar-refractivity contribution in [3.63, 3.8) is 0 Å². The molecule has 1 aromatic carbocycles. The van der Waals surface area contributed by atoms with Crippen molar-refractivity contribution in [2.45, 2.75) is 31.7 Å². The summed E-state index contributed by atoms with van der Waals surface area (Å²) in [7, 11) is 1.53. The summed E-state index contributed by atoms with van der Waals surface area (Å²) in [6, 6.07) is 6.41. The van der Waals surface area contributed by atoms with Crippen LogP contribution in [0.1, 0.15) is 25.1 Å². The topological polar surface area (TPSA) is 41.6 Å². The number of nitrogens with one attached hydrogen (secondary N) is 1. The fourth-order valence-electron chi connectivity index (χ4n) is 2.32. The Hall–Kier alpha value is -1.76. The first kappa shape index (κ1) is 15.6. The number of carbonyl (C=O) groups excluding carboxylic acids is 1. The molecule has 0 aromatic heterocycles. The molecule has 0 saturated carbocycles. The van der Waals surface area contributed by atoms with Gasteiger partial charge in [0.05, 0.1) is 19.6 Å². The largest absolute Gasteiger partial charge is 0.497 e.